The molecule has 3 aromatic rings. The fourth-order valence-corrected chi connectivity index (χ4v) is 3.11. The van der Waals surface area contributed by atoms with Gasteiger partial charge in [-0.2, -0.15) is 0 Å². The quantitative estimate of drug-likeness (QED) is 0.585. The Morgan fingerprint density at radius 2 is 1.78 bits per heavy atom. The number of hydrogen-bond donors (Lipinski definition) is 0. The number of benzene rings is 1. The zero-order valence-electron chi connectivity index (χ0n) is 16.4. The van der Waals surface area contributed by atoms with Gasteiger partial charge in [-0.25, -0.2) is 0 Å². The highest BCUT2D eigenvalue weighted by molar-refractivity contribution is 5.76. The van der Waals surface area contributed by atoms with E-state index in [0.717, 1.165) is 18.0 Å². The molecule has 4 heteroatoms. The van der Waals surface area contributed by atoms with Crippen molar-refractivity contribution in [2.75, 3.05) is 0 Å². The Morgan fingerprint density at radius 1 is 1.00 bits per heavy atom. The van der Waals surface area contributed by atoms with Gasteiger partial charge < -0.3 is 13.9 Å². The molecular weight excluding hydrogens is 336 g/mol. The first-order valence-electron chi connectivity index (χ1n) is 9.39. The van der Waals surface area contributed by atoms with E-state index in [4.69, 9.17) is 4.42 Å². The van der Waals surface area contributed by atoms with Crippen molar-refractivity contribution in [3.8, 4) is 0 Å². The van der Waals surface area contributed by atoms with Crippen LogP contribution in [0.2, 0.25) is 0 Å². The molecular formula is C23H28N2O2. The maximum Gasteiger partial charge on any atom is 0.223 e. The van der Waals surface area contributed by atoms with Crippen molar-refractivity contribution in [3.05, 3.63) is 84.1 Å². The van der Waals surface area contributed by atoms with Gasteiger partial charge in [-0.05, 0) is 35.2 Å². The number of furan rings is 1. The topological polar surface area (TPSA) is 38.4 Å². The van der Waals surface area contributed by atoms with E-state index in [1.807, 2.05) is 29.2 Å². The molecule has 0 aliphatic carbocycles. The third-order valence-electron chi connectivity index (χ3n) is 4.43. The number of nitrogens with zero attached hydrogens (tertiary/aromatic N) is 2. The van der Waals surface area contributed by atoms with Gasteiger partial charge >= 0.3 is 0 Å². The van der Waals surface area contributed by atoms with E-state index in [-0.39, 0.29) is 11.3 Å². The number of carbonyl (C=O) groups excluding carboxylic acids is 1. The molecule has 0 atom stereocenters. The molecule has 0 N–H and O–H groups in total. The van der Waals surface area contributed by atoms with E-state index in [0.29, 0.717) is 19.5 Å². The third kappa shape index (κ3) is 5.61. The summed E-state index contributed by atoms with van der Waals surface area (Å²) in [4.78, 5) is 14.8. The lowest BCUT2D eigenvalue weighted by molar-refractivity contribution is -0.134. The van der Waals surface area contributed by atoms with Gasteiger partial charge in [0.1, 0.15) is 5.76 Å². The number of aromatic nitrogens is 1. The lowest BCUT2D eigenvalue weighted by Gasteiger charge is -2.26. The van der Waals surface area contributed by atoms with Crippen LogP contribution in [0.5, 0.6) is 0 Å². The summed E-state index contributed by atoms with van der Waals surface area (Å²) in [5.41, 5.74) is 2.31. The van der Waals surface area contributed by atoms with E-state index < -0.39 is 0 Å². The highest BCUT2D eigenvalue weighted by atomic mass is 16.3. The Labute approximate surface area is 161 Å². The van der Waals surface area contributed by atoms with Gasteiger partial charge in [0.15, 0.2) is 0 Å². The minimum Gasteiger partial charge on any atom is -0.467 e. The molecule has 0 unspecified atom stereocenters. The molecule has 0 saturated heterocycles. The number of hydrogen-bond acceptors (Lipinski definition) is 2. The fourth-order valence-electron chi connectivity index (χ4n) is 3.11. The monoisotopic (exact) mass is 364 g/mol. The van der Waals surface area contributed by atoms with Crippen LogP contribution < -0.4 is 0 Å². The summed E-state index contributed by atoms with van der Waals surface area (Å²) in [6.07, 6.45) is 4.23. The first kappa shape index (κ1) is 19.0. The molecule has 0 bridgehead atoms. The SMILES string of the molecule is CC(C)(C)CC(=O)N(Cc1ccco1)Cc1cccn1Cc1ccccc1. The van der Waals surface area contributed by atoms with Crippen molar-refractivity contribution in [1.29, 1.82) is 0 Å². The van der Waals surface area contributed by atoms with Crippen molar-refractivity contribution < 1.29 is 9.21 Å². The molecule has 0 aliphatic rings. The van der Waals surface area contributed by atoms with Crippen LogP contribution in [0.4, 0.5) is 0 Å². The predicted octanol–water partition coefficient (Wildman–Crippen LogP) is 5.09. The molecule has 4 nitrogen and oxygen atoms in total. The minimum atomic E-state index is -0.0511. The summed E-state index contributed by atoms with van der Waals surface area (Å²) in [7, 11) is 0. The average Bonchev–Trinajstić information content (AvgIpc) is 3.26. The smallest absolute Gasteiger partial charge is 0.223 e. The standard InChI is InChI=1S/C23H28N2O2/c1-23(2,3)15-22(26)25(18-21-12-8-14-27-21)17-20-11-7-13-24(20)16-19-9-5-4-6-10-19/h4-14H,15-18H2,1-3H3. The van der Waals surface area contributed by atoms with Crippen LogP contribution in [0.3, 0.4) is 0 Å². The van der Waals surface area contributed by atoms with Crippen LogP contribution in [-0.2, 0) is 24.4 Å². The van der Waals surface area contributed by atoms with E-state index in [2.05, 4.69) is 61.9 Å². The third-order valence-corrected chi connectivity index (χ3v) is 4.43. The first-order chi connectivity index (χ1) is 12.9. The predicted molar refractivity (Wildman–Crippen MR) is 107 cm³/mol. The Morgan fingerprint density at radius 3 is 2.44 bits per heavy atom. The molecule has 0 saturated carbocycles. The Kier molecular flexibility index (Phi) is 5.84. The van der Waals surface area contributed by atoms with Crippen molar-refractivity contribution in [2.24, 2.45) is 5.41 Å². The Balaban J connectivity index is 1.77. The van der Waals surface area contributed by atoms with Crippen LogP contribution in [0, 0.1) is 5.41 Å². The van der Waals surface area contributed by atoms with Crippen molar-refractivity contribution >= 4 is 5.91 Å². The zero-order chi connectivity index (χ0) is 19.3. The highest BCUT2D eigenvalue weighted by Crippen LogP contribution is 2.22. The van der Waals surface area contributed by atoms with E-state index in [9.17, 15) is 4.79 Å². The Hall–Kier alpha value is -2.75. The summed E-state index contributed by atoms with van der Waals surface area (Å²) < 4.78 is 7.69. The van der Waals surface area contributed by atoms with Gasteiger partial charge in [-0.15, -0.1) is 0 Å². The van der Waals surface area contributed by atoms with Gasteiger partial charge in [0.05, 0.1) is 19.4 Å². The van der Waals surface area contributed by atoms with E-state index in [1.165, 1.54) is 5.56 Å². The fraction of sp³-hybridized carbons (Fsp3) is 0.348. The molecule has 3 rings (SSSR count). The molecule has 142 valence electrons. The van der Waals surface area contributed by atoms with Crippen molar-refractivity contribution in [3.63, 3.8) is 0 Å². The van der Waals surface area contributed by atoms with Gasteiger partial charge in [0, 0.05) is 24.9 Å². The molecule has 2 aromatic heterocycles. The number of amides is 1. The zero-order valence-corrected chi connectivity index (χ0v) is 16.4. The number of carbonyl (C=O) groups is 1. The lowest BCUT2D eigenvalue weighted by atomic mass is 9.91. The molecule has 0 aliphatic heterocycles. The molecule has 0 spiro atoms. The maximum atomic E-state index is 13.0. The van der Waals surface area contributed by atoms with Crippen molar-refractivity contribution in [1.82, 2.24) is 9.47 Å². The van der Waals surface area contributed by atoms with E-state index >= 15 is 0 Å². The summed E-state index contributed by atoms with van der Waals surface area (Å²) in [6.45, 7) is 8.12. The summed E-state index contributed by atoms with van der Waals surface area (Å²) in [5.74, 6) is 0.949. The van der Waals surface area contributed by atoms with E-state index in [1.54, 1.807) is 6.26 Å². The summed E-state index contributed by atoms with van der Waals surface area (Å²) in [6, 6.07) is 18.3. The van der Waals surface area contributed by atoms with Crippen LogP contribution in [-0.4, -0.2) is 15.4 Å². The van der Waals surface area contributed by atoms with Crippen LogP contribution in [0.15, 0.2) is 71.5 Å². The van der Waals surface area contributed by atoms with Gasteiger partial charge in [0.2, 0.25) is 5.91 Å². The minimum absolute atomic E-state index is 0.0511. The summed E-state index contributed by atoms with van der Waals surface area (Å²) in [5, 5.41) is 0. The molecule has 2 heterocycles. The highest BCUT2D eigenvalue weighted by Gasteiger charge is 2.23. The average molecular weight is 364 g/mol. The molecule has 1 aromatic carbocycles. The van der Waals surface area contributed by atoms with Gasteiger partial charge in [-0.3, -0.25) is 4.79 Å². The maximum absolute atomic E-state index is 13.0. The first-order valence-corrected chi connectivity index (χ1v) is 9.39. The number of rotatable bonds is 7. The normalized spacial score (nSPS) is 11.5. The largest absolute Gasteiger partial charge is 0.467 e. The van der Waals surface area contributed by atoms with Crippen molar-refractivity contribution in [2.45, 2.75) is 46.8 Å². The van der Waals surface area contributed by atoms with Gasteiger partial charge in [-0.1, -0.05) is 51.1 Å². The molecule has 27 heavy (non-hydrogen) atoms. The second kappa shape index (κ2) is 8.30. The van der Waals surface area contributed by atoms with Crippen LogP contribution in [0.25, 0.3) is 0 Å². The summed E-state index contributed by atoms with van der Waals surface area (Å²) >= 11 is 0. The second-order valence-corrected chi connectivity index (χ2v) is 8.18. The van der Waals surface area contributed by atoms with Crippen LogP contribution in [0.1, 0.15) is 44.2 Å². The molecule has 0 radical (unpaired) electrons. The van der Waals surface area contributed by atoms with Crippen LogP contribution >= 0.6 is 0 Å². The second-order valence-electron chi connectivity index (χ2n) is 8.18. The van der Waals surface area contributed by atoms with Gasteiger partial charge in [0.25, 0.3) is 0 Å². The lowest BCUT2D eigenvalue weighted by Crippen LogP contribution is -2.33. The Bertz CT molecular complexity index is 842. The molecule has 1 amide bonds. The molecule has 0 fully saturated rings.